The van der Waals surface area contributed by atoms with Crippen LogP contribution in [0, 0.1) is 23.0 Å². The molecule has 2 saturated heterocycles. The number of alkyl halides is 3. The van der Waals surface area contributed by atoms with Crippen LogP contribution in [-0.2, 0) is 6.18 Å². The van der Waals surface area contributed by atoms with Crippen LogP contribution in [0.3, 0.4) is 0 Å². The summed E-state index contributed by atoms with van der Waals surface area (Å²) in [5.74, 6) is -1.98. The van der Waals surface area contributed by atoms with E-state index in [0.717, 1.165) is 31.0 Å². The summed E-state index contributed by atoms with van der Waals surface area (Å²) < 4.78 is 81.2. The second-order valence-electron chi connectivity index (χ2n) is 11.0. The van der Waals surface area contributed by atoms with E-state index in [0.29, 0.717) is 37.3 Å². The van der Waals surface area contributed by atoms with Gasteiger partial charge in [0, 0.05) is 54.4 Å². The van der Waals surface area contributed by atoms with Gasteiger partial charge in [-0.2, -0.15) is 28.4 Å². The smallest absolute Gasteiger partial charge is 0.417 e. The van der Waals surface area contributed by atoms with E-state index in [2.05, 4.69) is 15.3 Å². The molecule has 42 heavy (non-hydrogen) atoms. The Kier molecular flexibility index (Phi) is 6.20. The predicted octanol–water partition coefficient (Wildman–Crippen LogP) is 5.11. The molecule has 1 aliphatic carbocycles. The Labute approximate surface area is 239 Å². The van der Waals surface area contributed by atoms with Crippen molar-refractivity contribution in [2.45, 2.75) is 56.2 Å². The van der Waals surface area contributed by atoms with E-state index >= 15 is 4.39 Å². The third kappa shape index (κ3) is 4.29. The van der Waals surface area contributed by atoms with Crippen molar-refractivity contribution in [3.63, 3.8) is 0 Å². The zero-order valence-corrected chi connectivity index (χ0v) is 22.6. The summed E-state index contributed by atoms with van der Waals surface area (Å²) in [6, 6.07) is 4.58. The number of rotatable bonds is 4. The van der Waals surface area contributed by atoms with Crippen molar-refractivity contribution < 1.29 is 31.8 Å². The molecule has 0 amide bonds. The summed E-state index contributed by atoms with van der Waals surface area (Å²) in [6.45, 7) is 0.903. The molecule has 0 radical (unpaired) electrons. The number of nitrogens with zero attached hydrogens (tertiary/aromatic N) is 4. The zero-order chi connectivity index (χ0) is 29.5. The van der Waals surface area contributed by atoms with Crippen LogP contribution < -0.4 is 20.7 Å². The van der Waals surface area contributed by atoms with Crippen LogP contribution in [0.5, 0.6) is 6.01 Å². The number of anilines is 2. The van der Waals surface area contributed by atoms with Gasteiger partial charge in [-0.1, -0.05) is 6.07 Å². The van der Waals surface area contributed by atoms with Gasteiger partial charge in [0.2, 0.25) is 0 Å². The molecule has 4 heterocycles. The van der Waals surface area contributed by atoms with Gasteiger partial charge < -0.3 is 25.8 Å². The van der Waals surface area contributed by atoms with Gasteiger partial charge >= 0.3 is 12.2 Å². The molecule has 218 valence electrons. The van der Waals surface area contributed by atoms with Crippen LogP contribution in [0.4, 0.5) is 32.8 Å². The van der Waals surface area contributed by atoms with Crippen molar-refractivity contribution in [2.75, 3.05) is 23.7 Å². The summed E-state index contributed by atoms with van der Waals surface area (Å²) in [7, 11) is 0. The minimum atomic E-state index is -5.03. The molecule has 8 nitrogen and oxygen atoms in total. The number of benzene rings is 2. The SMILES string of the molecule is N#Cc1c(N)sc2c(F)ccc(-c3c(C(F)(F)F)cc4c(N5CC6CCC(C5)N6)nc(OC5CC(O)C5)nc4c3F)c12. The van der Waals surface area contributed by atoms with Crippen molar-refractivity contribution in [1.29, 1.82) is 5.26 Å². The van der Waals surface area contributed by atoms with Crippen molar-refractivity contribution in [1.82, 2.24) is 15.3 Å². The van der Waals surface area contributed by atoms with Gasteiger partial charge in [-0.25, -0.2) is 8.78 Å². The molecule has 2 aliphatic heterocycles. The average molecular weight is 603 g/mol. The predicted molar refractivity (Wildman–Crippen MR) is 146 cm³/mol. The average Bonchev–Trinajstić information content (AvgIpc) is 3.45. The van der Waals surface area contributed by atoms with Crippen LogP contribution in [0.1, 0.15) is 36.8 Å². The summed E-state index contributed by atoms with van der Waals surface area (Å²) in [5, 5.41) is 22.4. The molecule has 2 aromatic heterocycles. The van der Waals surface area contributed by atoms with Crippen LogP contribution in [0.2, 0.25) is 0 Å². The van der Waals surface area contributed by atoms with Gasteiger partial charge in [0.25, 0.3) is 0 Å². The molecule has 2 atom stereocenters. The number of aliphatic hydroxyl groups excluding tert-OH is 1. The number of nitrogens with one attached hydrogen (secondary N) is 1. The topological polar surface area (TPSA) is 120 Å². The fourth-order valence-corrected chi connectivity index (χ4v) is 7.18. The van der Waals surface area contributed by atoms with Crippen LogP contribution in [-0.4, -0.2) is 52.5 Å². The first-order valence-electron chi connectivity index (χ1n) is 13.4. The van der Waals surface area contributed by atoms with Crippen molar-refractivity contribution in [3.8, 4) is 23.2 Å². The second kappa shape index (κ2) is 9.62. The number of ether oxygens (including phenoxy) is 1. The van der Waals surface area contributed by atoms with Crippen LogP contribution >= 0.6 is 11.3 Å². The summed E-state index contributed by atoms with van der Waals surface area (Å²) in [4.78, 5) is 10.5. The Hall–Kier alpha value is -3.80. The minimum absolute atomic E-state index is 0.0927. The normalized spacial score (nSPS) is 23.8. The first kappa shape index (κ1) is 27.1. The van der Waals surface area contributed by atoms with E-state index in [4.69, 9.17) is 10.5 Å². The Morgan fingerprint density at radius 1 is 1.14 bits per heavy atom. The van der Waals surface area contributed by atoms with Gasteiger partial charge in [-0.3, -0.25) is 0 Å². The molecular formula is C28H23F5N6O2S. The molecule has 2 unspecified atom stereocenters. The van der Waals surface area contributed by atoms with E-state index in [1.54, 1.807) is 0 Å². The van der Waals surface area contributed by atoms with Crippen LogP contribution in [0.25, 0.3) is 32.1 Å². The number of fused-ring (bicyclic) bond motifs is 4. The molecule has 1 saturated carbocycles. The highest BCUT2D eigenvalue weighted by atomic mass is 32.1. The monoisotopic (exact) mass is 602 g/mol. The Morgan fingerprint density at radius 3 is 2.50 bits per heavy atom. The largest absolute Gasteiger partial charge is 0.460 e. The number of piperazine rings is 1. The number of hydrogen-bond donors (Lipinski definition) is 3. The number of nitrogens with two attached hydrogens (primary N) is 1. The maximum atomic E-state index is 16.7. The third-order valence-electron chi connectivity index (χ3n) is 8.25. The highest BCUT2D eigenvalue weighted by molar-refractivity contribution is 7.23. The third-order valence-corrected chi connectivity index (χ3v) is 9.28. The molecule has 4 aromatic rings. The molecule has 14 heteroatoms. The first-order chi connectivity index (χ1) is 20.0. The molecule has 4 N–H and O–H groups in total. The molecule has 7 rings (SSSR count). The lowest BCUT2D eigenvalue weighted by Crippen LogP contribution is -2.51. The summed E-state index contributed by atoms with van der Waals surface area (Å²) >= 11 is 0.705. The highest BCUT2D eigenvalue weighted by Gasteiger charge is 2.40. The summed E-state index contributed by atoms with van der Waals surface area (Å²) in [6.07, 6.45) is -3.58. The van der Waals surface area contributed by atoms with Gasteiger partial charge in [0.1, 0.15) is 34.3 Å². The van der Waals surface area contributed by atoms with Gasteiger partial charge in [-0.15, -0.1) is 11.3 Å². The van der Waals surface area contributed by atoms with E-state index in [9.17, 15) is 27.9 Å². The van der Waals surface area contributed by atoms with Gasteiger partial charge in [-0.05, 0) is 30.5 Å². The number of halogens is 5. The van der Waals surface area contributed by atoms with Crippen molar-refractivity contribution in [3.05, 3.63) is 41.0 Å². The second-order valence-corrected chi connectivity index (χ2v) is 12.0. The van der Waals surface area contributed by atoms with E-state index < -0.39 is 46.7 Å². The van der Waals surface area contributed by atoms with Crippen LogP contribution in [0.15, 0.2) is 18.2 Å². The number of thiophene rings is 1. The van der Waals surface area contributed by atoms with E-state index in [-0.39, 0.29) is 55.5 Å². The lowest BCUT2D eigenvalue weighted by Gasteiger charge is -2.35. The number of nitriles is 1. The number of hydrogen-bond acceptors (Lipinski definition) is 9. The molecule has 3 fully saturated rings. The number of aromatic nitrogens is 2. The molecule has 3 aliphatic rings. The molecule has 2 aromatic carbocycles. The Balaban J connectivity index is 1.51. The van der Waals surface area contributed by atoms with E-state index in [1.165, 1.54) is 0 Å². The lowest BCUT2D eigenvalue weighted by molar-refractivity contribution is -0.137. The Bertz CT molecular complexity index is 1790. The van der Waals surface area contributed by atoms with Gasteiger partial charge in [0.05, 0.1) is 21.9 Å². The van der Waals surface area contributed by atoms with E-state index in [1.807, 2.05) is 11.0 Å². The lowest BCUT2D eigenvalue weighted by atomic mass is 9.92. The molecule has 0 spiro atoms. The number of aliphatic hydroxyl groups is 1. The standard InChI is InChI=1S/C28H23F5N6O2S/c29-19-4-3-15(20-17(8-34)25(35)42-24(19)20)21-18(28(31,32)33)7-16-23(22(21)30)37-27(41-14-5-13(40)6-14)38-26(16)39-9-11-1-2-12(10-39)36-11/h3-4,7,11-14,36,40H,1-2,5-6,9-10,35H2. The zero-order valence-electron chi connectivity index (χ0n) is 21.8. The highest BCUT2D eigenvalue weighted by Crippen LogP contribution is 2.48. The minimum Gasteiger partial charge on any atom is -0.460 e. The maximum Gasteiger partial charge on any atom is 0.417 e. The fourth-order valence-electron chi connectivity index (χ4n) is 6.23. The number of nitrogen functional groups attached to an aromatic ring is 1. The van der Waals surface area contributed by atoms with Gasteiger partial charge in [0.15, 0.2) is 5.82 Å². The van der Waals surface area contributed by atoms with Crippen molar-refractivity contribution in [2.24, 2.45) is 0 Å². The Morgan fingerprint density at radius 2 is 1.86 bits per heavy atom. The first-order valence-corrected chi connectivity index (χ1v) is 14.2. The fraction of sp³-hybridized carbons (Fsp3) is 0.393. The quantitative estimate of drug-likeness (QED) is 0.276. The van der Waals surface area contributed by atoms with Crippen molar-refractivity contribution >= 4 is 43.1 Å². The summed E-state index contributed by atoms with van der Waals surface area (Å²) in [5.41, 5.74) is 2.76. The molecular weight excluding hydrogens is 579 g/mol. The maximum absolute atomic E-state index is 16.7. The molecule has 2 bridgehead atoms.